The second-order valence-electron chi connectivity index (χ2n) is 6.94. The van der Waals surface area contributed by atoms with Crippen molar-refractivity contribution in [2.45, 2.75) is 18.9 Å². The highest BCUT2D eigenvalue weighted by Crippen LogP contribution is 2.18. The summed E-state index contributed by atoms with van der Waals surface area (Å²) in [6.45, 7) is 1.15. The lowest BCUT2D eigenvalue weighted by Gasteiger charge is -2.14. The summed E-state index contributed by atoms with van der Waals surface area (Å²) >= 11 is 0. The van der Waals surface area contributed by atoms with Crippen LogP contribution in [0.5, 0.6) is 0 Å². The maximum absolute atomic E-state index is 12.7. The number of H-pyrrole nitrogens is 1. The summed E-state index contributed by atoms with van der Waals surface area (Å²) in [5, 5.41) is 6.76. The van der Waals surface area contributed by atoms with Gasteiger partial charge in [0, 0.05) is 18.5 Å². The van der Waals surface area contributed by atoms with E-state index in [9.17, 15) is 14.4 Å². The molecule has 29 heavy (non-hydrogen) atoms. The number of carbonyl (C=O) groups is 2. The quantitative estimate of drug-likeness (QED) is 0.623. The summed E-state index contributed by atoms with van der Waals surface area (Å²) < 4.78 is 5.52. The van der Waals surface area contributed by atoms with Crippen LogP contribution in [0.1, 0.15) is 33.7 Å². The lowest BCUT2D eigenvalue weighted by molar-refractivity contribution is 0.0858. The van der Waals surface area contributed by atoms with E-state index in [1.807, 2.05) is 0 Å². The molecule has 0 radical (unpaired) electrons. The summed E-state index contributed by atoms with van der Waals surface area (Å²) in [7, 11) is 0. The molecule has 1 saturated heterocycles. The Bertz CT molecular complexity index is 1120. The molecule has 0 aliphatic carbocycles. The van der Waals surface area contributed by atoms with Gasteiger partial charge in [0.05, 0.1) is 17.4 Å². The number of nitrogens with one attached hydrogen (secondary N) is 3. The van der Waals surface area contributed by atoms with Gasteiger partial charge >= 0.3 is 0 Å². The molecule has 2 heterocycles. The standard InChI is InChI=1S/C22H21N3O4/c26-20(23-13-15-7-5-11-29-15)17-9-3-4-10-18(17)24-22(28)19-12-14-6-1-2-8-16(14)21(27)25-19/h1-4,6,8-10,12,15H,5,7,11,13H2,(H,23,26)(H,24,28)(H,25,27). The number of aromatic nitrogens is 1. The molecule has 0 bridgehead atoms. The number of hydrogen-bond acceptors (Lipinski definition) is 4. The molecule has 1 aliphatic rings. The van der Waals surface area contributed by atoms with Crippen molar-refractivity contribution in [3.63, 3.8) is 0 Å². The molecule has 1 unspecified atom stereocenters. The molecule has 1 aliphatic heterocycles. The van der Waals surface area contributed by atoms with Crippen molar-refractivity contribution in [2.75, 3.05) is 18.5 Å². The zero-order chi connectivity index (χ0) is 20.2. The molecule has 4 rings (SSSR count). The molecule has 0 spiro atoms. The van der Waals surface area contributed by atoms with Crippen molar-refractivity contribution >= 4 is 28.3 Å². The summed E-state index contributed by atoms with van der Waals surface area (Å²) in [6, 6.07) is 15.4. The number of ether oxygens (including phenoxy) is 1. The Morgan fingerprint density at radius 1 is 1.07 bits per heavy atom. The first kappa shape index (κ1) is 18.9. The number of amides is 2. The smallest absolute Gasteiger partial charge is 0.272 e. The van der Waals surface area contributed by atoms with Gasteiger partial charge < -0.3 is 20.4 Å². The predicted octanol–water partition coefficient (Wildman–Crippen LogP) is 2.69. The number of para-hydroxylation sites is 1. The Balaban J connectivity index is 1.53. The van der Waals surface area contributed by atoms with Crippen LogP contribution < -0.4 is 16.2 Å². The number of carbonyl (C=O) groups excluding carboxylic acids is 2. The molecule has 148 valence electrons. The minimum absolute atomic E-state index is 0.0309. The number of aromatic amines is 1. The normalized spacial score (nSPS) is 15.9. The number of rotatable bonds is 5. The Morgan fingerprint density at radius 3 is 2.69 bits per heavy atom. The van der Waals surface area contributed by atoms with Gasteiger partial charge in [-0.1, -0.05) is 30.3 Å². The number of fused-ring (bicyclic) bond motifs is 1. The zero-order valence-corrected chi connectivity index (χ0v) is 15.7. The number of pyridine rings is 1. The van der Waals surface area contributed by atoms with Crippen molar-refractivity contribution in [3.05, 3.63) is 76.2 Å². The highest BCUT2D eigenvalue weighted by molar-refractivity contribution is 6.09. The summed E-state index contributed by atoms with van der Waals surface area (Å²) in [6.07, 6.45) is 1.95. The molecular formula is C22H21N3O4. The van der Waals surface area contributed by atoms with Crippen molar-refractivity contribution < 1.29 is 14.3 Å². The van der Waals surface area contributed by atoms with E-state index in [-0.39, 0.29) is 23.3 Å². The molecule has 3 N–H and O–H groups in total. The number of anilines is 1. The highest BCUT2D eigenvalue weighted by Gasteiger charge is 2.19. The third-order valence-corrected chi connectivity index (χ3v) is 4.93. The molecule has 1 aromatic heterocycles. The monoisotopic (exact) mass is 391 g/mol. The van der Waals surface area contributed by atoms with Crippen LogP contribution in [0.2, 0.25) is 0 Å². The summed E-state index contributed by atoms with van der Waals surface area (Å²) in [5.41, 5.74) is 0.512. The summed E-state index contributed by atoms with van der Waals surface area (Å²) in [5.74, 6) is -0.782. The first-order valence-electron chi connectivity index (χ1n) is 9.54. The molecule has 2 aromatic carbocycles. The Labute approximate surface area is 167 Å². The third kappa shape index (κ3) is 4.20. The fraction of sp³-hybridized carbons (Fsp3) is 0.227. The molecule has 1 atom stereocenters. The molecule has 7 heteroatoms. The largest absolute Gasteiger partial charge is 0.376 e. The van der Waals surface area contributed by atoms with Crippen LogP contribution in [-0.4, -0.2) is 36.1 Å². The molecular weight excluding hydrogens is 370 g/mol. The van der Waals surface area contributed by atoms with Gasteiger partial charge in [-0.05, 0) is 42.5 Å². The molecule has 1 fully saturated rings. The van der Waals surface area contributed by atoms with Gasteiger partial charge in [-0.3, -0.25) is 14.4 Å². The van der Waals surface area contributed by atoms with Crippen LogP contribution in [-0.2, 0) is 4.74 Å². The minimum atomic E-state index is -0.493. The summed E-state index contributed by atoms with van der Waals surface area (Å²) in [4.78, 5) is 40.1. The van der Waals surface area contributed by atoms with Gasteiger partial charge in [-0.25, -0.2) is 0 Å². The van der Waals surface area contributed by atoms with E-state index in [4.69, 9.17) is 4.74 Å². The first-order valence-corrected chi connectivity index (χ1v) is 9.54. The minimum Gasteiger partial charge on any atom is -0.376 e. The van der Waals surface area contributed by atoms with Crippen LogP contribution in [0.4, 0.5) is 5.69 Å². The van der Waals surface area contributed by atoms with E-state index in [1.165, 1.54) is 0 Å². The average molecular weight is 391 g/mol. The lowest BCUT2D eigenvalue weighted by Crippen LogP contribution is -2.32. The van der Waals surface area contributed by atoms with Crippen LogP contribution >= 0.6 is 0 Å². The second kappa shape index (κ2) is 8.28. The van der Waals surface area contributed by atoms with Gasteiger partial charge in [-0.15, -0.1) is 0 Å². The van der Waals surface area contributed by atoms with Gasteiger partial charge in [0.15, 0.2) is 0 Å². The van der Waals surface area contributed by atoms with Crippen molar-refractivity contribution in [1.29, 1.82) is 0 Å². The molecule has 7 nitrogen and oxygen atoms in total. The SMILES string of the molecule is O=C(Nc1ccccc1C(=O)NCC1CCCO1)c1cc2ccccc2c(=O)[nH]1. The number of benzene rings is 2. The number of hydrogen-bond donors (Lipinski definition) is 3. The fourth-order valence-corrected chi connectivity index (χ4v) is 3.42. The molecule has 2 amide bonds. The van der Waals surface area contributed by atoms with E-state index < -0.39 is 5.91 Å². The van der Waals surface area contributed by atoms with Crippen molar-refractivity contribution in [3.8, 4) is 0 Å². The zero-order valence-electron chi connectivity index (χ0n) is 15.7. The van der Waals surface area contributed by atoms with Crippen molar-refractivity contribution in [1.82, 2.24) is 10.3 Å². The maximum atomic E-state index is 12.7. The lowest BCUT2D eigenvalue weighted by atomic mass is 10.1. The van der Waals surface area contributed by atoms with Crippen LogP contribution in [0.3, 0.4) is 0 Å². The first-order chi connectivity index (χ1) is 14.1. The predicted molar refractivity (Wildman–Crippen MR) is 110 cm³/mol. The Kier molecular flexibility index (Phi) is 5.39. The van der Waals surface area contributed by atoms with Gasteiger partial charge in [0.25, 0.3) is 17.4 Å². The molecule has 0 saturated carbocycles. The van der Waals surface area contributed by atoms with E-state index in [1.54, 1.807) is 54.6 Å². The van der Waals surface area contributed by atoms with Crippen LogP contribution in [0, 0.1) is 0 Å². The van der Waals surface area contributed by atoms with Crippen LogP contribution in [0.25, 0.3) is 10.8 Å². The van der Waals surface area contributed by atoms with Gasteiger partial charge in [0.1, 0.15) is 5.69 Å². The van der Waals surface area contributed by atoms with E-state index in [0.717, 1.165) is 19.4 Å². The van der Waals surface area contributed by atoms with Gasteiger partial charge in [-0.2, -0.15) is 0 Å². The highest BCUT2D eigenvalue weighted by atomic mass is 16.5. The van der Waals surface area contributed by atoms with Crippen molar-refractivity contribution in [2.24, 2.45) is 0 Å². The Hall–Kier alpha value is -3.45. The second-order valence-corrected chi connectivity index (χ2v) is 6.94. The van der Waals surface area contributed by atoms with E-state index >= 15 is 0 Å². The third-order valence-electron chi connectivity index (χ3n) is 4.93. The topological polar surface area (TPSA) is 100 Å². The average Bonchev–Trinajstić information content (AvgIpc) is 3.26. The van der Waals surface area contributed by atoms with Crippen LogP contribution in [0.15, 0.2) is 59.4 Å². The maximum Gasteiger partial charge on any atom is 0.272 e. The van der Waals surface area contributed by atoms with E-state index in [0.29, 0.717) is 28.6 Å². The van der Waals surface area contributed by atoms with Gasteiger partial charge in [0.2, 0.25) is 0 Å². The molecule has 3 aromatic rings. The van der Waals surface area contributed by atoms with E-state index in [2.05, 4.69) is 15.6 Å². The Morgan fingerprint density at radius 2 is 1.86 bits per heavy atom. The fourth-order valence-electron chi connectivity index (χ4n) is 3.42.